The van der Waals surface area contributed by atoms with E-state index in [9.17, 15) is 14.7 Å². The lowest BCUT2D eigenvalue weighted by molar-refractivity contribution is 0.0377. The summed E-state index contributed by atoms with van der Waals surface area (Å²) in [5.74, 6) is -0.391. The maximum Gasteiger partial charge on any atom is 0.335 e. The fourth-order valence-corrected chi connectivity index (χ4v) is 3.33. The van der Waals surface area contributed by atoms with Crippen molar-refractivity contribution in [2.24, 2.45) is 4.99 Å². The van der Waals surface area contributed by atoms with E-state index in [1.807, 2.05) is 19.1 Å². The third-order valence-corrected chi connectivity index (χ3v) is 4.89. The summed E-state index contributed by atoms with van der Waals surface area (Å²) in [6, 6.07) is 7.16. The Morgan fingerprint density at radius 3 is 2.68 bits per heavy atom. The van der Waals surface area contributed by atoms with Crippen molar-refractivity contribution in [2.75, 3.05) is 39.4 Å². The predicted octanol–water partition coefficient (Wildman–Crippen LogP) is 1.07. The smallest absolute Gasteiger partial charge is 0.335 e. The molecule has 1 saturated heterocycles. The van der Waals surface area contributed by atoms with E-state index in [0.29, 0.717) is 17.9 Å². The molecule has 1 aliphatic rings. The van der Waals surface area contributed by atoms with Gasteiger partial charge >= 0.3 is 5.69 Å². The van der Waals surface area contributed by atoms with Crippen LogP contribution in [0.15, 0.2) is 38.8 Å². The van der Waals surface area contributed by atoms with Crippen LogP contribution in [0.4, 0.5) is 0 Å². The maximum absolute atomic E-state index is 12.3. The van der Waals surface area contributed by atoms with E-state index in [2.05, 4.69) is 14.9 Å². The zero-order chi connectivity index (χ0) is 20.1. The van der Waals surface area contributed by atoms with Gasteiger partial charge in [0.15, 0.2) is 0 Å². The van der Waals surface area contributed by atoms with Gasteiger partial charge in [0, 0.05) is 31.9 Å². The van der Waals surface area contributed by atoms with Crippen LogP contribution in [0, 0.1) is 6.92 Å². The number of rotatable bonds is 6. The zero-order valence-electron chi connectivity index (χ0n) is 16.3. The number of para-hydroxylation sites is 1. The summed E-state index contributed by atoms with van der Waals surface area (Å²) in [5.41, 5.74) is 0.431. The minimum absolute atomic E-state index is 0.0224. The number of hydrogen-bond donors (Lipinski definition) is 2. The molecule has 2 N–H and O–H groups in total. The summed E-state index contributed by atoms with van der Waals surface area (Å²) >= 11 is 0. The molecule has 0 spiro atoms. The second-order valence-electron chi connectivity index (χ2n) is 6.85. The maximum atomic E-state index is 12.3. The van der Waals surface area contributed by atoms with Gasteiger partial charge < -0.3 is 9.84 Å². The number of aromatic hydroxyl groups is 1. The van der Waals surface area contributed by atoms with Gasteiger partial charge in [-0.05, 0) is 31.9 Å². The van der Waals surface area contributed by atoms with E-state index in [-0.39, 0.29) is 5.56 Å². The van der Waals surface area contributed by atoms with Crippen molar-refractivity contribution >= 4 is 5.71 Å². The highest BCUT2D eigenvalue weighted by Crippen LogP contribution is 2.19. The first-order chi connectivity index (χ1) is 13.5. The number of nitrogens with zero attached hydrogens (tertiary/aromatic N) is 3. The van der Waals surface area contributed by atoms with Gasteiger partial charge in [-0.1, -0.05) is 18.2 Å². The van der Waals surface area contributed by atoms with E-state index < -0.39 is 17.1 Å². The van der Waals surface area contributed by atoms with Crippen LogP contribution in [0.2, 0.25) is 0 Å². The molecule has 0 saturated carbocycles. The molecule has 28 heavy (non-hydrogen) atoms. The van der Waals surface area contributed by atoms with E-state index in [1.54, 1.807) is 19.1 Å². The SMILES string of the molecule is CC(=NCCCN1CCOCC1)c1c(O)n(-c2ccccc2C)c(=O)[nH]c1=O. The Kier molecular flexibility index (Phi) is 6.43. The average Bonchev–Trinajstić information content (AvgIpc) is 2.67. The molecule has 0 aliphatic carbocycles. The minimum atomic E-state index is -0.680. The Morgan fingerprint density at radius 2 is 1.96 bits per heavy atom. The fourth-order valence-electron chi connectivity index (χ4n) is 3.33. The first-order valence-electron chi connectivity index (χ1n) is 9.45. The number of nitrogens with one attached hydrogen (secondary N) is 1. The molecular formula is C20H26N4O4. The summed E-state index contributed by atoms with van der Waals surface area (Å²) in [4.78, 5) is 33.7. The van der Waals surface area contributed by atoms with Gasteiger partial charge in [-0.3, -0.25) is 19.7 Å². The van der Waals surface area contributed by atoms with Crippen molar-refractivity contribution in [1.82, 2.24) is 14.5 Å². The molecule has 2 aromatic rings. The number of H-pyrrole nitrogens is 1. The first-order valence-corrected chi connectivity index (χ1v) is 9.45. The highest BCUT2D eigenvalue weighted by atomic mass is 16.5. The van der Waals surface area contributed by atoms with Crippen LogP contribution in [0.3, 0.4) is 0 Å². The average molecular weight is 386 g/mol. The second kappa shape index (κ2) is 8.99. The van der Waals surface area contributed by atoms with Crippen LogP contribution in [0.1, 0.15) is 24.5 Å². The van der Waals surface area contributed by atoms with Gasteiger partial charge in [0.25, 0.3) is 5.56 Å². The standard InChI is InChI=1S/C20H26N4O4/c1-14-6-3-4-7-16(14)24-19(26)17(18(25)22-20(24)27)15(2)21-8-5-9-23-10-12-28-13-11-23/h3-4,6-7,26H,5,8-13H2,1-2H3,(H,22,25,27). The number of aromatic nitrogens is 2. The fraction of sp³-hybridized carbons (Fsp3) is 0.450. The molecule has 1 aromatic heterocycles. The predicted molar refractivity (Wildman–Crippen MR) is 108 cm³/mol. The summed E-state index contributed by atoms with van der Waals surface area (Å²) in [5, 5.41) is 10.7. The van der Waals surface area contributed by atoms with Gasteiger partial charge in [0.05, 0.1) is 18.9 Å². The van der Waals surface area contributed by atoms with Gasteiger partial charge in [-0.25, -0.2) is 9.36 Å². The highest BCUT2D eigenvalue weighted by Gasteiger charge is 2.18. The van der Waals surface area contributed by atoms with Crippen LogP contribution >= 0.6 is 0 Å². The number of ether oxygens (including phenoxy) is 1. The van der Waals surface area contributed by atoms with Crippen LogP contribution in [0.5, 0.6) is 5.88 Å². The molecule has 0 bridgehead atoms. The summed E-state index contributed by atoms with van der Waals surface area (Å²) < 4.78 is 6.44. The Balaban J connectivity index is 1.83. The molecule has 1 aromatic carbocycles. The monoisotopic (exact) mass is 386 g/mol. The summed E-state index contributed by atoms with van der Waals surface area (Å²) in [6.45, 7) is 8.30. The molecule has 1 aliphatic heterocycles. The van der Waals surface area contributed by atoms with Crippen LogP contribution in [-0.4, -0.2) is 64.7 Å². The molecule has 3 rings (SSSR count). The third kappa shape index (κ3) is 4.40. The molecule has 0 atom stereocenters. The molecule has 8 heteroatoms. The molecule has 0 unspecified atom stereocenters. The van der Waals surface area contributed by atoms with Gasteiger partial charge in [0.1, 0.15) is 5.56 Å². The van der Waals surface area contributed by atoms with Crippen molar-refractivity contribution in [1.29, 1.82) is 0 Å². The minimum Gasteiger partial charge on any atom is -0.493 e. The number of aliphatic imine (C=N–C) groups is 1. The molecule has 2 heterocycles. The van der Waals surface area contributed by atoms with Crippen molar-refractivity contribution < 1.29 is 9.84 Å². The summed E-state index contributed by atoms with van der Waals surface area (Å²) in [6.07, 6.45) is 0.841. The number of benzene rings is 1. The van der Waals surface area contributed by atoms with Crippen molar-refractivity contribution in [2.45, 2.75) is 20.3 Å². The zero-order valence-corrected chi connectivity index (χ0v) is 16.3. The van der Waals surface area contributed by atoms with Crippen LogP contribution < -0.4 is 11.2 Å². The normalized spacial score (nSPS) is 15.7. The Bertz CT molecular complexity index is 971. The van der Waals surface area contributed by atoms with Gasteiger partial charge in [-0.15, -0.1) is 0 Å². The largest absolute Gasteiger partial charge is 0.493 e. The van der Waals surface area contributed by atoms with E-state index in [4.69, 9.17) is 4.74 Å². The Morgan fingerprint density at radius 1 is 1.25 bits per heavy atom. The third-order valence-electron chi connectivity index (χ3n) is 4.89. The molecule has 0 amide bonds. The number of hydrogen-bond acceptors (Lipinski definition) is 6. The molecule has 150 valence electrons. The van der Waals surface area contributed by atoms with Crippen molar-refractivity contribution in [3.05, 3.63) is 56.2 Å². The van der Waals surface area contributed by atoms with E-state index in [0.717, 1.165) is 49.4 Å². The lowest BCUT2D eigenvalue weighted by Crippen LogP contribution is -2.37. The lowest BCUT2D eigenvalue weighted by atomic mass is 10.1. The first kappa shape index (κ1) is 20.0. The van der Waals surface area contributed by atoms with Gasteiger partial charge in [0.2, 0.25) is 5.88 Å². The Labute approximate surface area is 163 Å². The lowest BCUT2D eigenvalue weighted by Gasteiger charge is -2.26. The quantitative estimate of drug-likeness (QED) is 0.571. The highest BCUT2D eigenvalue weighted by molar-refractivity contribution is 6.00. The van der Waals surface area contributed by atoms with Crippen molar-refractivity contribution in [3.63, 3.8) is 0 Å². The van der Waals surface area contributed by atoms with Crippen LogP contribution in [0.25, 0.3) is 5.69 Å². The number of morpholine rings is 1. The number of aromatic amines is 1. The second-order valence-corrected chi connectivity index (χ2v) is 6.85. The number of aryl methyl sites for hydroxylation is 1. The topological polar surface area (TPSA) is 99.9 Å². The van der Waals surface area contributed by atoms with Gasteiger partial charge in [-0.2, -0.15) is 0 Å². The van der Waals surface area contributed by atoms with E-state index in [1.165, 1.54) is 0 Å². The van der Waals surface area contributed by atoms with Crippen molar-refractivity contribution in [3.8, 4) is 11.6 Å². The van der Waals surface area contributed by atoms with Crippen LogP contribution in [-0.2, 0) is 4.74 Å². The molecule has 0 radical (unpaired) electrons. The van der Waals surface area contributed by atoms with E-state index >= 15 is 0 Å². The summed E-state index contributed by atoms with van der Waals surface area (Å²) in [7, 11) is 0. The Hall–Kier alpha value is -2.71. The molecule has 1 fully saturated rings. The molecular weight excluding hydrogens is 360 g/mol. The molecule has 8 nitrogen and oxygen atoms in total.